The third kappa shape index (κ3) is 8.33. The molecular formula is C34H28N6O16S4. The number of carbonyl (C=O) groups is 2. The van der Waals surface area contributed by atoms with Crippen molar-refractivity contribution in [2.75, 3.05) is 36.5 Å². The van der Waals surface area contributed by atoms with Gasteiger partial charge in [-0.15, -0.1) is 0 Å². The van der Waals surface area contributed by atoms with E-state index in [1.165, 1.54) is 38.5 Å². The first-order valence-corrected chi connectivity index (χ1v) is 21.9. The summed E-state index contributed by atoms with van der Waals surface area (Å²) in [5, 5.41) is 7.81. The molecular weight excluding hydrogens is 877 g/mol. The standard InChI is InChI=1S/C34H28N6O16S4/c1-55-25-9-15(3-5-23(25)37-39-31-27(59(49,50)51)11-17-7-19(57(43,44)45)13-21(35)29(17)33(31)41)16-4-6-24(26(10-16)56-2)38-40-32-28(60(52,53)54)12-18-8-20(58(46,47)48)14-22(36)30(18)34(32)42/h3-14,37-38H,35-36H2,1-2H3,(H,43,44,45)(H,46,47,48)(H,49,50,51)(H,52,53,54)/b39-31-,40-32+. The van der Waals surface area contributed by atoms with Gasteiger partial charge in [-0.25, -0.2) is 0 Å². The van der Waals surface area contributed by atoms with Gasteiger partial charge in [0.1, 0.15) is 21.3 Å². The lowest BCUT2D eigenvalue weighted by molar-refractivity contribution is 0.105. The number of allylic oxidation sites excluding steroid dienone is 2. The number of methoxy groups -OCH3 is 2. The quantitative estimate of drug-likeness (QED) is 0.0609. The zero-order chi connectivity index (χ0) is 44.3. The highest BCUT2D eigenvalue weighted by Gasteiger charge is 2.37. The van der Waals surface area contributed by atoms with Crippen LogP contribution in [-0.2, 0) is 40.5 Å². The number of anilines is 4. The van der Waals surface area contributed by atoms with Crippen molar-refractivity contribution in [3.05, 3.63) is 92.7 Å². The summed E-state index contributed by atoms with van der Waals surface area (Å²) in [5.74, 6) is -2.05. The first-order chi connectivity index (χ1) is 27.8. The first kappa shape index (κ1) is 43.1. The van der Waals surface area contributed by atoms with Crippen molar-refractivity contribution in [3.8, 4) is 22.6 Å². The molecule has 26 heteroatoms. The summed E-state index contributed by atoms with van der Waals surface area (Å²) >= 11 is 0. The molecule has 0 unspecified atom stereocenters. The molecule has 0 spiro atoms. The fraction of sp³-hybridized carbons (Fsp3) is 0.0588. The maximum atomic E-state index is 13.5. The van der Waals surface area contributed by atoms with E-state index in [0.717, 1.165) is 36.4 Å². The van der Waals surface area contributed by atoms with Crippen LogP contribution in [0.1, 0.15) is 31.8 Å². The summed E-state index contributed by atoms with van der Waals surface area (Å²) < 4.78 is 146. The second-order valence-electron chi connectivity index (χ2n) is 12.5. The molecule has 0 bridgehead atoms. The molecule has 0 aliphatic heterocycles. The molecule has 2 aliphatic rings. The number of nitrogens with one attached hydrogen (secondary N) is 2. The fourth-order valence-corrected chi connectivity index (χ4v) is 8.43. The molecule has 22 nitrogen and oxygen atoms in total. The van der Waals surface area contributed by atoms with E-state index in [2.05, 4.69) is 21.1 Å². The van der Waals surface area contributed by atoms with E-state index < -0.39 is 94.4 Å². The lowest BCUT2D eigenvalue weighted by Gasteiger charge is -2.19. The highest BCUT2D eigenvalue weighted by Crippen LogP contribution is 2.37. The molecule has 0 aromatic heterocycles. The number of nitrogen functional groups attached to an aromatic ring is 2. The van der Waals surface area contributed by atoms with Gasteiger partial charge >= 0.3 is 0 Å². The van der Waals surface area contributed by atoms with Crippen molar-refractivity contribution >= 4 is 98.4 Å². The molecule has 60 heavy (non-hydrogen) atoms. The minimum Gasteiger partial charge on any atom is -0.494 e. The maximum Gasteiger partial charge on any atom is 0.296 e. The van der Waals surface area contributed by atoms with Gasteiger partial charge in [0.2, 0.25) is 11.6 Å². The zero-order valence-corrected chi connectivity index (χ0v) is 33.6. The van der Waals surface area contributed by atoms with Gasteiger partial charge in [-0.3, -0.25) is 38.7 Å². The van der Waals surface area contributed by atoms with Crippen molar-refractivity contribution < 1.29 is 70.9 Å². The van der Waals surface area contributed by atoms with Gasteiger partial charge in [0.05, 0.1) is 46.5 Å². The number of Topliss-reactive ketones (excluding diaryl/α,β-unsaturated/α-hetero) is 2. The van der Waals surface area contributed by atoms with Crippen LogP contribution in [0.25, 0.3) is 23.3 Å². The highest BCUT2D eigenvalue weighted by molar-refractivity contribution is 7.91. The van der Waals surface area contributed by atoms with Gasteiger partial charge in [-0.1, -0.05) is 12.1 Å². The van der Waals surface area contributed by atoms with Gasteiger partial charge < -0.3 is 20.9 Å². The summed E-state index contributed by atoms with van der Waals surface area (Å²) in [7, 11) is -17.4. The van der Waals surface area contributed by atoms with Crippen LogP contribution < -0.4 is 31.8 Å². The summed E-state index contributed by atoms with van der Waals surface area (Å²) in [6.45, 7) is 0. The van der Waals surface area contributed by atoms with Crippen LogP contribution in [0, 0.1) is 0 Å². The molecule has 0 saturated carbocycles. The Balaban J connectivity index is 1.31. The summed E-state index contributed by atoms with van der Waals surface area (Å²) in [6.07, 6.45) is 1.51. The molecule has 6 rings (SSSR count). The molecule has 0 amide bonds. The maximum absolute atomic E-state index is 13.5. The predicted octanol–water partition coefficient (Wildman–Crippen LogP) is 2.81. The minimum absolute atomic E-state index is 0.0778. The molecule has 4 aromatic rings. The molecule has 10 N–H and O–H groups in total. The molecule has 0 saturated heterocycles. The number of ether oxygens (including phenoxy) is 2. The van der Waals surface area contributed by atoms with E-state index >= 15 is 0 Å². The average molecular weight is 905 g/mol. The minimum atomic E-state index is -5.15. The van der Waals surface area contributed by atoms with Crippen molar-refractivity contribution in [3.63, 3.8) is 0 Å². The van der Waals surface area contributed by atoms with E-state index in [0.29, 0.717) is 11.1 Å². The predicted molar refractivity (Wildman–Crippen MR) is 216 cm³/mol. The number of hydrazone groups is 2. The van der Waals surface area contributed by atoms with Crippen LogP contribution in [0.2, 0.25) is 0 Å². The van der Waals surface area contributed by atoms with E-state index in [-0.39, 0.29) is 45.1 Å². The number of hydrogen-bond acceptors (Lipinski definition) is 18. The monoisotopic (exact) mass is 904 g/mol. The zero-order valence-electron chi connectivity index (χ0n) is 30.3. The molecule has 4 aromatic carbocycles. The molecule has 0 radical (unpaired) electrons. The largest absolute Gasteiger partial charge is 0.494 e. The van der Waals surface area contributed by atoms with Crippen LogP contribution in [0.15, 0.2) is 90.5 Å². The van der Waals surface area contributed by atoms with Gasteiger partial charge in [0.25, 0.3) is 40.5 Å². The van der Waals surface area contributed by atoms with Crippen molar-refractivity contribution in [1.29, 1.82) is 0 Å². The van der Waals surface area contributed by atoms with Crippen molar-refractivity contribution in [2.45, 2.75) is 9.79 Å². The van der Waals surface area contributed by atoms with Crippen LogP contribution in [-0.4, -0.2) is 89.1 Å². The molecule has 314 valence electrons. The average Bonchev–Trinajstić information content (AvgIpc) is 3.14. The Morgan fingerprint density at radius 2 is 0.883 bits per heavy atom. The molecule has 0 fully saturated rings. The topological polar surface area (TPSA) is 371 Å². The van der Waals surface area contributed by atoms with E-state index in [1.54, 1.807) is 12.1 Å². The van der Waals surface area contributed by atoms with Crippen molar-refractivity contribution in [2.24, 2.45) is 10.2 Å². The number of carbonyl (C=O) groups excluding carboxylic acids is 2. The Kier molecular flexibility index (Phi) is 11.0. The number of nitrogens with two attached hydrogens (primary N) is 2. The van der Waals surface area contributed by atoms with Crippen LogP contribution in [0.4, 0.5) is 22.7 Å². The number of nitrogens with zero attached hydrogens (tertiary/aromatic N) is 2. The Bertz CT molecular complexity index is 2960. The Hall–Kier alpha value is -6.52. The molecule has 0 heterocycles. The smallest absolute Gasteiger partial charge is 0.296 e. The SMILES string of the molecule is COc1cc(-c2ccc(N/N=C3\C(=O)c4c(N)cc(S(=O)(=O)O)cc4C=C3S(=O)(=O)O)c(OC)c2)ccc1N/N=C1/C(=O)c2c(N)cc(S(=O)(=O)O)cc2C=C1S(=O)(=O)O. The number of benzene rings is 4. The van der Waals surface area contributed by atoms with E-state index in [9.17, 15) is 61.5 Å². The van der Waals surface area contributed by atoms with Gasteiger partial charge in [0.15, 0.2) is 11.4 Å². The second kappa shape index (κ2) is 15.3. The Morgan fingerprint density at radius 1 is 0.533 bits per heavy atom. The fourth-order valence-electron chi connectivity index (χ4n) is 6.01. The molecule has 2 aliphatic carbocycles. The number of fused-ring (bicyclic) bond motifs is 2. The number of rotatable bonds is 11. The molecule has 0 atom stereocenters. The van der Waals surface area contributed by atoms with E-state index in [4.69, 9.17) is 20.9 Å². The van der Waals surface area contributed by atoms with Gasteiger partial charge in [-0.05, 0) is 82.9 Å². The number of ketones is 2. The summed E-state index contributed by atoms with van der Waals surface area (Å²) in [6, 6.07) is 12.1. The third-order valence-corrected chi connectivity index (χ3v) is 12.1. The second-order valence-corrected chi connectivity index (χ2v) is 18.1. The normalized spacial score (nSPS) is 15.8. The highest BCUT2D eigenvalue weighted by atomic mass is 32.2. The first-order valence-electron chi connectivity index (χ1n) is 16.2. The van der Waals surface area contributed by atoms with Crippen LogP contribution >= 0.6 is 0 Å². The lowest BCUT2D eigenvalue weighted by Crippen LogP contribution is -2.28. The Morgan fingerprint density at radius 3 is 1.18 bits per heavy atom. The van der Waals surface area contributed by atoms with Crippen LogP contribution in [0.5, 0.6) is 11.5 Å². The van der Waals surface area contributed by atoms with E-state index in [1.807, 2.05) is 0 Å². The summed E-state index contributed by atoms with van der Waals surface area (Å²) in [4.78, 5) is 23.4. The van der Waals surface area contributed by atoms with Gasteiger partial charge in [-0.2, -0.15) is 43.9 Å². The lowest BCUT2D eigenvalue weighted by atomic mass is 9.93. The summed E-state index contributed by atoms with van der Waals surface area (Å²) in [5.41, 5.74) is 14.0. The van der Waals surface area contributed by atoms with Crippen molar-refractivity contribution in [1.82, 2.24) is 0 Å². The number of hydrogen-bond donors (Lipinski definition) is 8. The van der Waals surface area contributed by atoms with Crippen LogP contribution in [0.3, 0.4) is 0 Å². The Labute approximate surface area is 339 Å². The third-order valence-electron chi connectivity index (χ3n) is 8.73. The van der Waals surface area contributed by atoms with Gasteiger partial charge in [0, 0.05) is 11.4 Å².